The number of nitrogens with zero attached hydrogens (tertiary/aromatic N) is 2. The molecule has 0 saturated carbocycles. The van der Waals surface area contributed by atoms with Crippen molar-refractivity contribution in [3.63, 3.8) is 0 Å². The first kappa shape index (κ1) is 12.7. The van der Waals surface area contributed by atoms with Crippen LogP contribution in [0.5, 0.6) is 0 Å². The van der Waals surface area contributed by atoms with Crippen molar-refractivity contribution < 1.29 is 14.3 Å². The maximum absolute atomic E-state index is 11.4. The molecule has 0 aliphatic heterocycles. The van der Waals surface area contributed by atoms with E-state index in [1.54, 1.807) is 0 Å². The Labute approximate surface area is 101 Å². The second kappa shape index (κ2) is 5.62. The van der Waals surface area contributed by atoms with E-state index in [9.17, 15) is 9.59 Å². The summed E-state index contributed by atoms with van der Waals surface area (Å²) in [7, 11) is 1.22. The van der Waals surface area contributed by atoms with Gasteiger partial charge in [0.2, 0.25) is 5.28 Å². The van der Waals surface area contributed by atoms with Gasteiger partial charge in [-0.2, -0.15) is 0 Å². The van der Waals surface area contributed by atoms with Gasteiger partial charge in [-0.3, -0.25) is 9.59 Å². The van der Waals surface area contributed by atoms with Gasteiger partial charge in [0.15, 0.2) is 0 Å². The number of hydrogen-bond acceptors (Lipinski definition) is 5. The molecule has 0 fully saturated rings. The van der Waals surface area contributed by atoms with Crippen molar-refractivity contribution in [3.05, 3.63) is 22.2 Å². The lowest BCUT2D eigenvalue weighted by atomic mass is 10.4. The van der Waals surface area contributed by atoms with Crippen LogP contribution in [0, 0.1) is 0 Å². The highest BCUT2D eigenvalue weighted by Gasteiger charge is 2.11. The molecule has 0 unspecified atom stereocenters. The van der Waals surface area contributed by atoms with Crippen molar-refractivity contribution in [1.82, 2.24) is 15.3 Å². The Hall–Kier alpha value is -1.40. The third kappa shape index (κ3) is 3.63. The van der Waals surface area contributed by atoms with Gasteiger partial charge in [0.25, 0.3) is 5.91 Å². The second-order valence-electron chi connectivity index (χ2n) is 2.60. The topological polar surface area (TPSA) is 81.2 Å². The molecular formula is C8H7Cl2N3O3. The highest BCUT2D eigenvalue weighted by Crippen LogP contribution is 2.10. The minimum absolute atomic E-state index is 0.0195. The summed E-state index contributed by atoms with van der Waals surface area (Å²) in [5.74, 6) is -1.16. The molecule has 16 heavy (non-hydrogen) atoms. The summed E-state index contributed by atoms with van der Waals surface area (Å²) in [5, 5.41) is 2.18. The van der Waals surface area contributed by atoms with E-state index in [0.717, 1.165) is 0 Å². The molecule has 1 rings (SSSR count). The molecule has 0 radical (unpaired) electrons. The molecule has 0 bridgehead atoms. The monoisotopic (exact) mass is 263 g/mol. The molecule has 0 saturated heterocycles. The zero-order valence-corrected chi connectivity index (χ0v) is 9.67. The average Bonchev–Trinajstić information content (AvgIpc) is 2.23. The first-order valence-electron chi connectivity index (χ1n) is 4.08. The lowest BCUT2D eigenvalue weighted by Gasteiger charge is -2.03. The molecule has 1 N–H and O–H groups in total. The smallest absolute Gasteiger partial charge is 0.325 e. The number of carbonyl (C=O) groups excluding carboxylic acids is 2. The number of rotatable bonds is 3. The Bertz CT molecular complexity index is 405. The SMILES string of the molecule is COC(=O)CNC(=O)c1cc(Cl)nc(Cl)n1. The van der Waals surface area contributed by atoms with Gasteiger partial charge in [-0.15, -0.1) is 0 Å². The maximum Gasteiger partial charge on any atom is 0.325 e. The molecule has 0 aromatic carbocycles. The Kier molecular flexibility index (Phi) is 4.45. The molecule has 86 valence electrons. The highest BCUT2D eigenvalue weighted by molar-refractivity contribution is 6.32. The quantitative estimate of drug-likeness (QED) is 0.493. The van der Waals surface area contributed by atoms with Crippen LogP contribution in [0.2, 0.25) is 10.4 Å². The average molecular weight is 264 g/mol. The van der Waals surface area contributed by atoms with Crippen LogP contribution < -0.4 is 5.32 Å². The van der Waals surface area contributed by atoms with E-state index in [-0.39, 0.29) is 22.7 Å². The van der Waals surface area contributed by atoms with Crippen molar-refractivity contribution in [2.24, 2.45) is 0 Å². The molecule has 0 aliphatic rings. The molecule has 1 aromatic rings. The molecule has 1 aromatic heterocycles. The van der Waals surface area contributed by atoms with E-state index in [1.165, 1.54) is 13.2 Å². The lowest BCUT2D eigenvalue weighted by Crippen LogP contribution is -2.30. The standard InChI is InChI=1S/C8H7Cl2N3O3/c1-16-6(14)3-11-7(15)4-2-5(9)13-8(10)12-4/h2H,3H2,1H3,(H,11,15). The highest BCUT2D eigenvalue weighted by atomic mass is 35.5. The fourth-order valence-electron chi connectivity index (χ4n) is 0.821. The van der Waals surface area contributed by atoms with Gasteiger partial charge in [0.05, 0.1) is 7.11 Å². The zero-order chi connectivity index (χ0) is 12.1. The lowest BCUT2D eigenvalue weighted by molar-refractivity contribution is -0.139. The number of methoxy groups -OCH3 is 1. The summed E-state index contributed by atoms with van der Waals surface area (Å²) in [6.07, 6.45) is 0. The molecule has 6 nitrogen and oxygen atoms in total. The van der Waals surface area contributed by atoms with E-state index in [1.807, 2.05) is 0 Å². The summed E-state index contributed by atoms with van der Waals surface area (Å²) in [4.78, 5) is 29.4. The van der Waals surface area contributed by atoms with E-state index in [2.05, 4.69) is 20.0 Å². The molecule has 1 amide bonds. The summed E-state index contributed by atoms with van der Waals surface area (Å²) >= 11 is 11.1. The minimum Gasteiger partial charge on any atom is -0.468 e. The van der Waals surface area contributed by atoms with Crippen molar-refractivity contribution in [2.75, 3.05) is 13.7 Å². The maximum atomic E-state index is 11.4. The summed E-state index contributed by atoms with van der Waals surface area (Å²) in [5.41, 5.74) is -0.0195. The summed E-state index contributed by atoms with van der Waals surface area (Å²) in [6.45, 7) is -0.255. The van der Waals surface area contributed by atoms with Gasteiger partial charge in [0, 0.05) is 6.07 Å². The van der Waals surface area contributed by atoms with Gasteiger partial charge >= 0.3 is 5.97 Å². The Morgan fingerprint density at radius 2 is 2.12 bits per heavy atom. The fourth-order valence-corrected chi connectivity index (χ4v) is 1.23. The van der Waals surface area contributed by atoms with Crippen LogP contribution in [-0.2, 0) is 9.53 Å². The number of esters is 1. The predicted octanol–water partition coefficient (Wildman–Crippen LogP) is 0.686. The zero-order valence-electron chi connectivity index (χ0n) is 8.16. The second-order valence-corrected chi connectivity index (χ2v) is 3.33. The van der Waals surface area contributed by atoms with Crippen molar-refractivity contribution >= 4 is 35.1 Å². The van der Waals surface area contributed by atoms with Gasteiger partial charge in [-0.1, -0.05) is 11.6 Å². The van der Waals surface area contributed by atoms with Crippen LogP contribution in [0.1, 0.15) is 10.5 Å². The molecule has 0 atom stereocenters. The Morgan fingerprint density at radius 1 is 1.44 bits per heavy atom. The largest absolute Gasteiger partial charge is 0.468 e. The van der Waals surface area contributed by atoms with Gasteiger partial charge in [-0.05, 0) is 11.6 Å². The van der Waals surface area contributed by atoms with Crippen molar-refractivity contribution in [3.8, 4) is 0 Å². The van der Waals surface area contributed by atoms with E-state index in [4.69, 9.17) is 23.2 Å². The Balaban J connectivity index is 2.69. The third-order valence-electron chi connectivity index (χ3n) is 1.52. The van der Waals surface area contributed by atoms with Gasteiger partial charge in [-0.25, -0.2) is 9.97 Å². The number of nitrogens with one attached hydrogen (secondary N) is 1. The van der Waals surface area contributed by atoms with Crippen LogP contribution in [0.25, 0.3) is 0 Å². The van der Waals surface area contributed by atoms with Crippen LogP contribution in [0.4, 0.5) is 0 Å². The van der Waals surface area contributed by atoms with Crippen LogP contribution in [0.3, 0.4) is 0 Å². The third-order valence-corrected chi connectivity index (χ3v) is 1.88. The molecule has 0 aliphatic carbocycles. The van der Waals surface area contributed by atoms with Crippen molar-refractivity contribution in [1.29, 1.82) is 0 Å². The predicted molar refractivity (Wildman–Crippen MR) is 56.4 cm³/mol. The van der Waals surface area contributed by atoms with E-state index >= 15 is 0 Å². The van der Waals surface area contributed by atoms with Crippen LogP contribution >= 0.6 is 23.2 Å². The van der Waals surface area contributed by atoms with E-state index < -0.39 is 11.9 Å². The van der Waals surface area contributed by atoms with E-state index in [0.29, 0.717) is 0 Å². The normalized spacial score (nSPS) is 9.69. The Morgan fingerprint density at radius 3 is 2.69 bits per heavy atom. The molecule has 8 heteroatoms. The minimum atomic E-state index is -0.586. The number of halogens is 2. The van der Waals surface area contributed by atoms with Crippen LogP contribution in [-0.4, -0.2) is 35.5 Å². The van der Waals surface area contributed by atoms with Gasteiger partial charge in [0.1, 0.15) is 17.4 Å². The number of amides is 1. The van der Waals surface area contributed by atoms with Crippen LogP contribution in [0.15, 0.2) is 6.07 Å². The first-order chi connectivity index (χ1) is 7.52. The summed E-state index contributed by atoms with van der Waals surface area (Å²) in [6, 6.07) is 1.24. The fraction of sp³-hybridized carbons (Fsp3) is 0.250. The number of aromatic nitrogens is 2. The summed E-state index contributed by atoms with van der Waals surface area (Å²) < 4.78 is 4.35. The van der Waals surface area contributed by atoms with Gasteiger partial charge < -0.3 is 10.1 Å². The first-order valence-corrected chi connectivity index (χ1v) is 4.83. The molecular weight excluding hydrogens is 257 g/mol. The number of carbonyl (C=O) groups is 2. The van der Waals surface area contributed by atoms with Crippen molar-refractivity contribution in [2.45, 2.75) is 0 Å². The molecule has 1 heterocycles. The number of ether oxygens (including phenoxy) is 1. The number of hydrogen-bond donors (Lipinski definition) is 1. The molecule has 0 spiro atoms.